The van der Waals surface area contributed by atoms with E-state index in [1.165, 1.54) is 11.3 Å². The summed E-state index contributed by atoms with van der Waals surface area (Å²) in [5.41, 5.74) is 0.821. The van der Waals surface area contributed by atoms with Crippen molar-refractivity contribution in [2.75, 3.05) is 19.0 Å². The van der Waals surface area contributed by atoms with Crippen molar-refractivity contribution in [2.24, 2.45) is 0 Å². The molecule has 130 valence electrons. The summed E-state index contributed by atoms with van der Waals surface area (Å²) in [6.07, 6.45) is 0. The van der Waals surface area contributed by atoms with Gasteiger partial charge in [0.05, 0.1) is 17.3 Å². The predicted octanol–water partition coefficient (Wildman–Crippen LogP) is 4.48. The summed E-state index contributed by atoms with van der Waals surface area (Å²) in [6, 6.07) is 19.4. The number of nitrogens with one attached hydrogen (secondary N) is 1. The van der Waals surface area contributed by atoms with Crippen LogP contribution < -0.4 is 14.8 Å². The van der Waals surface area contributed by atoms with E-state index in [1.807, 2.05) is 60.7 Å². The first-order valence-corrected chi connectivity index (χ1v) is 8.89. The third-order valence-corrected chi connectivity index (χ3v) is 4.87. The largest absolute Gasteiger partial charge is 0.497 e. The lowest BCUT2D eigenvalue weighted by Gasteiger charge is -2.07. The molecular weight excluding hydrogens is 348 g/mol. The van der Waals surface area contributed by atoms with E-state index in [1.54, 1.807) is 7.11 Å². The second-order valence-electron chi connectivity index (χ2n) is 5.70. The second kappa shape index (κ2) is 7.01. The van der Waals surface area contributed by atoms with Gasteiger partial charge < -0.3 is 9.47 Å². The molecule has 0 radical (unpaired) electrons. The SMILES string of the molecule is COc1ccc2nc(NC(=O)COc3ccc4ccccc4c3)sc2c1. The van der Waals surface area contributed by atoms with Crippen molar-refractivity contribution in [3.63, 3.8) is 0 Å². The second-order valence-corrected chi connectivity index (χ2v) is 6.73. The Hall–Kier alpha value is -3.12. The number of fused-ring (bicyclic) bond motifs is 2. The number of hydrogen-bond donors (Lipinski definition) is 1. The Morgan fingerprint density at radius 1 is 1.04 bits per heavy atom. The molecule has 0 aliphatic heterocycles. The molecule has 1 N–H and O–H groups in total. The number of methoxy groups -OCH3 is 1. The van der Waals surface area contributed by atoms with Crippen LogP contribution in [0.15, 0.2) is 60.7 Å². The maximum atomic E-state index is 12.2. The number of anilines is 1. The summed E-state index contributed by atoms with van der Waals surface area (Å²) >= 11 is 1.40. The molecule has 0 spiro atoms. The molecule has 4 rings (SSSR count). The molecule has 0 saturated carbocycles. The maximum absolute atomic E-state index is 12.2. The van der Waals surface area contributed by atoms with Crippen LogP contribution in [0, 0.1) is 0 Å². The van der Waals surface area contributed by atoms with Crippen molar-refractivity contribution in [3.8, 4) is 11.5 Å². The first kappa shape index (κ1) is 16.4. The molecule has 4 aromatic rings. The Balaban J connectivity index is 1.41. The van der Waals surface area contributed by atoms with E-state index in [4.69, 9.17) is 9.47 Å². The van der Waals surface area contributed by atoms with E-state index >= 15 is 0 Å². The van der Waals surface area contributed by atoms with Gasteiger partial charge in [0, 0.05) is 0 Å². The van der Waals surface area contributed by atoms with Gasteiger partial charge in [0.2, 0.25) is 0 Å². The van der Waals surface area contributed by atoms with Gasteiger partial charge in [0.15, 0.2) is 11.7 Å². The van der Waals surface area contributed by atoms with Crippen molar-refractivity contribution in [3.05, 3.63) is 60.7 Å². The molecule has 0 aliphatic carbocycles. The van der Waals surface area contributed by atoms with E-state index in [9.17, 15) is 4.79 Å². The number of ether oxygens (including phenoxy) is 2. The third-order valence-electron chi connectivity index (χ3n) is 3.93. The molecule has 1 aromatic heterocycles. The van der Waals surface area contributed by atoms with Gasteiger partial charge in [-0.25, -0.2) is 4.98 Å². The first-order valence-electron chi connectivity index (χ1n) is 8.07. The summed E-state index contributed by atoms with van der Waals surface area (Å²) < 4.78 is 11.8. The highest BCUT2D eigenvalue weighted by Crippen LogP contribution is 2.29. The zero-order chi connectivity index (χ0) is 17.9. The topological polar surface area (TPSA) is 60.5 Å². The molecule has 0 atom stereocenters. The average molecular weight is 364 g/mol. The Morgan fingerprint density at radius 2 is 1.85 bits per heavy atom. The number of amides is 1. The maximum Gasteiger partial charge on any atom is 0.264 e. The van der Waals surface area contributed by atoms with E-state index in [0.717, 1.165) is 26.7 Å². The molecule has 1 amide bonds. The number of thiazole rings is 1. The van der Waals surface area contributed by atoms with Crippen molar-refractivity contribution in [1.82, 2.24) is 4.98 Å². The summed E-state index contributed by atoms with van der Waals surface area (Å²) in [5, 5.41) is 5.53. The van der Waals surface area contributed by atoms with Gasteiger partial charge in [-0.2, -0.15) is 0 Å². The van der Waals surface area contributed by atoms with Gasteiger partial charge in [-0.1, -0.05) is 41.7 Å². The fourth-order valence-electron chi connectivity index (χ4n) is 2.65. The third kappa shape index (κ3) is 3.45. The Labute approximate surface area is 154 Å². The molecule has 1 heterocycles. The zero-order valence-electron chi connectivity index (χ0n) is 14.1. The Bertz CT molecular complexity index is 1090. The molecule has 0 saturated heterocycles. The van der Waals surface area contributed by atoms with Crippen LogP contribution in [-0.4, -0.2) is 24.6 Å². The standard InChI is InChI=1S/C20H16N2O3S/c1-24-15-8-9-17-18(11-15)26-20(21-17)22-19(23)12-25-16-7-6-13-4-2-3-5-14(13)10-16/h2-11H,12H2,1H3,(H,21,22,23). The van der Waals surface area contributed by atoms with Gasteiger partial charge in [0.25, 0.3) is 5.91 Å². The lowest BCUT2D eigenvalue weighted by molar-refractivity contribution is -0.118. The van der Waals surface area contributed by atoms with E-state index in [0.29, 0.717) is 10.9 Å². The number of rotatable bonds is 5. The molecular formula is C20H16N2O3S. The summed E-state index contributed by atoms with van der Waals surface area (Å²) in [5.74, 6) is 1.18. The van der Waals surface area contributed by atoms with Crippen LogP contribution in [0.4, 0.5) is 5.13 Å². The van der Waals surface area contributed by atoms with E-state index in [2.05, 4.69) is 10.3 Å². The molecule has 0 aliphatic rings. The fraction of sp³-hybridized carbons (Fsp3) is 0.100. The fourth-order valence-corrected chi connectivity index (χ4v) is 3.56. The number of benzene rings is 3. The highest BCUT2D eigenvalue weighted by Gasteiger charge is 2.09. The van der Waals surface area contributed by atoms with Gasteiger partial charge in [-0.05, 0) is 41.1 Å². The van der Waals surface area contributed by atoms with Crippen LogP contribution in [0.2, 0.25) is 0 Å². The lowest BCUT2D eigenvalue weighted by Crippen LogP contribution is -2.19. The molecule has 0 bridgehead atoms. The van der Waals surface area contributed by atoms with Crippen molar-refractivity contribution < 1.29 is 14.3 Å². The van der Waals surface area contributed by atoms with Crippen molar-refractivity contribution in [1.29, 1.82) is 0 Å². The number of nitrogens with zero attached hydrogens (tertiary/aromatic N) is 1. The molecule has 0 unspecified atom stereocenters. The zero-order valence-corrected chi connectivity index (χ0v) is 14.9. The number of hydrogen-bond acceptors (Lipinski definition) is 5. The highest BCUT2D eigenvalue weighted by molar-refractivity contribution is 7.22. The van der Waals surface area contributed by atoms with Crippen LogP contribution in [-0.2, 0) is 4.79 Å². The van der Waals surface area contributed by atoms with E-state index < -0.39 is 0 Å². The van der Waals surface area contributed by atoms with Gasteiger partial charge in [-0.3, -0.25) is 10.1 Å². The van der Waals surface area contributed by atoms with Gasteiger partial charge >= 0.3 is 0 Å². The van der Waals surface area contributed by atoms with Gasteiger partial charge in [-0.15, -0.1) is 0 Å². The molecule has 0 fully saturated rings. The van der Waals surface area contributed by atoms with E-state index in [-0.39, 0.29) is 12.5 Å². The Morgan fingerprint density at radius 3 is 2.69 bits per heavy atom. The minimum Gasteiger partial charge on any atom is -0.497 e. The minimum absolute atomic E-state index is 0.0718. The van der Waals surface area contributed by atoms with Gasteiger partial charge in [0.1, 0.15) is 11.5 Å². The van der Waals surface area contributed by atoms with Crippen molar-refractivity contribution in [2.45, 2.75) is 0 Å². The van der Waals surface area contributed by atoms with Crippen molar-refractivity contribution >= 4 is 43.4 Å². The number of carbonyl (C=O) groups excluding carboxylic acids is 1. The van der Waals surface area contributed by atoms with Crippen LogP contribution in [0.25, 0.3) is 21.0 Å². The van der Waals surface area contributed by atoms with Crippen LogP contribution in [0.1, 0.15) is 0 Å². The average Bonchev–Trinajstić information content (AvgIpc) is 3.07. The molecule has 26 heavy (non-hydrogen) atoms. The minimum atomic E-state index is -0.246. The van der Waals surface area contributed by atoms with Crippen LogP contribution in [0.3, 0.4) is 0 Å². The quantitative estimate of drug-likeness (QED) is 0.567. The number of carbonyl (C=O) groups is 1. The smallest absolute Gasteiger partial charge is 0.264 e. The molecule has 6 heteroatoms. The predicted molar refractivity (Wildman–Crippen MR) is 104 cm³/mol. The molecule has 3 aromatic carbocycles. The Kier molecular flexibility index (Phi) is 4.41. The lowest BCUT2D eigenvalue weighted by atomic mass is 10.1. The highest BCUT2D eigenvalue weighted by atomic mass is 32.1. The summed E-state index contributed by atoms with van der Waals surface area (Å²) in [6.45, 7) is -0.0718. The summed E-state index contributed by atoms with van der Waals surface area (Å²) in [7, 11) is 1.62. The first-order chi connectivity index (χ1) is 12.7. The summed E-state index contributed by atoms with van der Waals surface area (Å²) in [4.78, 5) is 16.6. The monoisotopic (exact) mass is 364 g/mol. The van der Waals surface area contributed by atoms with Crippen LogP contribution in [0.5, 0.6) is 11.5 Å². The molecule has 5 nitrogen and oxygen atoms in total. The normalized spacial score (nSPS) is 10.8. The number of aromatic nitrogens is 1. The van der Waals surface area contributed by atoms with Crippen LogP contribution >= 0.6 is 11.3 Å².